The predicted molar refractivity (Wildman–Crippen MR) is 85.9 cm³/mol. The molecule has 3 atom stereocenters. The number of carbonyl (C=O) groups is 1. The van der Waals surface area contributed by atoms with Crippen molar-refractivity contribution >= 4 is 16.9 Å². The van der Waals surface area contributed by atoms with Crippen LogP contribution in [-0.2, 0) is 16.0 Å². The highest BCUT2D eigenvalue weighted by molar-refractivity contribution is 5.88. The Morgan fingerprint density at radius 3 is 3.14 bits per heavy atom. The molecule has 2 heterocycles. The molecule has 4 rings (SSSR count). The lowest BCUT2D eigenvalue weighted by molar-refractivity contribution is -0.150. The first-order valence-corrected chi connectivity index (χ1v) is 8.14. The maximum absolute atomic E-state index is 12.2. The lowest BCUT2D eigenvalue weighted by atomic mass is 9.72. The highest BCUT2D eigenvalue weighted by Gasteiger charge is 2.41. The number of H-pyrrole nitrogens is 1. The number of nitrogens with one attached hydrogen (secondary N) is 1. The van der Waals surface area contributed by atoms with E-state index in [1.54, 1.807) is 0 Å². The van der Waals surface area contributed by atoms with Gasteiger partial charge in [0, 0.05) is 35.6 Å². The normalized spacial score (nSPS) is 27.6. The molecule has 2 aromatic rings. The molecule has 1 N–H and O–H groups in total. The smallest absolute Gasteiger partial charge is 0.310 e. The van der Waals surface area contributed by atoms with Crippen molar-refractivity contribution in [3.63, 3.8) is 0 Å². The number of fused-ring (bicyclic) bond motifs is 2. The molecule has 0 saturated carbocycles. The molecule has 1 aliphatic heterocycles. The average Bonchev–Trinajstić information content (AvgIpc) is 2.93. The fourth-order valence-electron chi connectivity index (χ4n) is 4.37. The van der Waals surface area contributed by atoms with Gasteiger partial charge in [-0.3, -0.25) is 4.79 Å². The molecule has 0 bridgehead atoms. The van der Waals surface area contributed by atoms with E-state index >= 15 is 0 Å². The standard InChI is InChI=1S/C18H22N2O2/c1-3-22-18(21)12-7-14-13-5-4-6-15-17(13)11(9-19-15)8-16(14)20(2)10-12/h4-6,9,12,14,16,19H,3,7-8,10H2,1-2H3/t12-,14-,16-/m1/s1. The van der Waals surface area contributed by atoms with Crippen molar-refractivity contribution in [2.45, 2.75) is 31.7 Å². The molecule has 2 aliphatic rings. The summed E-state index contributed by atoms with van der Waals surface area (Å²) in [5.74, 6) is 0.363. The molecule has 4 nitrogen and oxygen atoms in total. The Hall–Kier alpha value is -1.81. The lowest BCUT2D eigenvalue weighted by Crippen LogP contribution is -2.49. The fraction of sp³-hybridized carbons (Fsp3) is 0.500. The number of esters is 1. The second-order valence-electron chi connectivity index (χ2n) is 6.59. The second kappa shape index (κ2) is 5.13. The van der Waals surface area contributed by atoms with Crippen LogP contribution in [0.1, 0.15) is 30.4 Å². The van der Waals surface area contributed by atoms with Crippen LogP contribution >= 0.6 is 0 Å². The largest absolute Gasteiger partial charge is 0.466 e. The molecule has 1 aliphatic carbocycles. The van der Waals surface area contributed by atoms with Crippen molar-refractivity contribution < 1.29 is 9.53 Å². The van der Waals surface area contributed by atoms with Crippen LogP contribution in [0.2, 0.25) is 0 Å². The van der Waals surface area contributed by atoms with Crippen LogP contribution in [0.15, 0.2) is 24.4 Å². The zero-order chi connectivity index (χ0) is 15.3. The molecule has 1 saturated heterocycles. The molecule has 22 heavy (non-hydrogen) atoms. The summed E-state index contributed by atoms with van der Waals surface area (Å²) < 4.78 is 5.27. The number of hydrogen-bond donors (Lipinski definition) is 1. The van der Waals surface area contributed by atoms with E-state index in [9.17, 15) is 4.79 Å². The number of ether oxygens (including phenoxy) is 1. The fourth-order valence-corrected chi connectivity index (χ4v) is 4.37. The Bertz CT molecular complexity index is 721. The monoisotopic (exact) mass is 298 g/mol. The Kier molecular flexibility index (Phi) is 3.22. The van der Waals surface area contributed by atoms with E-state index in [2.05, 4.69) is 41.3 Å². The number of benzene rings is 1. The van der Waals surface area contributed by atoms with Crippen molar-refractivity contribution in [1.29, 1.82) is 0 Å². The number of likely N-dealkylation sites (N-methyl/N-ethyl adjacent to an activating group) is 1. The van der Waals surface area contributed by atoms with Crippen molar-refractivity contribution in [2.75, 3.05) is 20.2 Å². The molecule has 1 aromatic heterocycles. The summed E-state index contributed by atoms with van der Waals surface area (Å²) in [4.78, 5) is 17.9. The number of hydrogen-bond acceptors (Lipinski definition) is 3. The summed E-state index contributed by atoms with van der Waals surface area (Å²) in [5, 5.41) is 1.38. The summed E-state index contributed by atoms with van der Waals surface area (Å²) in [7, 11) is 2.14. The molecule has 0 unspecified atom stereocenters. The van der Waals surface area contributed by atoms with Gasteiger partial charge in [0.15, 0.2) is 0 Å². The Morgan fingerprint density at radius 1 is 1.45 bits per heavy atom. The molecule has 1 aromatic carbocycles. The average molecular weight is 298 g/mol. The van der Waals surface area contributed by atoms with Crippen LogP contribution < -0.4 is 0 Å². The van der Waals surface area contributed by atoms with Crippen molar-refractivity contribution in [3.8, 4) is 0 Å². The first kappa shape index (κ1) is 13.8. The third-order valence-corrected chi connectivity index (χ3v) is 5.35. The molecule has 0 radical (unpaired) electrons. The Morgan fingerprint density at radius 2 is 2.32 bits per heavy atom. The van der Waals surface area contributed by atoms with Crippen LogP contribution in [0.5, 0.6) is 0 Å². The summed E-state index contributed by atoms with van der Waals surface area (Å²) >= 11 is 0. The number of aromatic nitrogens is 1. The minimum atomic E-state index is -0.0418. The first-order valence-electron chi connectivity index (χ1n) is 8.14. The van der Waals surface area contributed by atoms with Gasteiger partial charge in [-0.2, -0.15) is 0 Å². The summed E-state index contributed by atoms with van der Waals surface area (Å²) in [6.07, 6.45) is 4.11. The lowest BCUT2D eigenvalue weighted by Gasteiger charge is -2.44. The summed E-state index contributed by atoms with van der Waals surface area (Å²) in [6.45, 7) is 3.14. The van der Waals surface area contributed by atoms with Crippen LogP contribution in [0, 0.1) is 5.92 Å². The Labute approximate surface area is 130 Å². The summed E-state index contributed by atoms with van der Waals surface area (Å²) in [6, 6.07) is 6.98. The Balaban J connectivity index is 1.73. The number of piperidine rings is 1. The number of carbonyl (C=O) groups excluding carboxylic acids is 1. The third kappa shape index (κ3) is 1.97. The minimum Gasteiger partial charge on any atom is -0.466 e. The van der Waals surface area contributed by atoms with Gasteiger partial charge in [0.1, 0.15) is 0 Å². The third-order valence-electron chi connectivity index (χ3n) is 5.35. The van der Waals surface area contributed by atoms with E-state index < -0.39 is 0 Å². The number of likely N-dealkylation sites (tertiary alicyclic amines) is 1. The van der Waals surface area contributed by atoms with Crippen molar-refractivity contribution in [1.82, 2.24) is 9.88 Å². The topological polar surface area (TPSA) is 45.3 Å². The molecule has 1 fully saturated rings. The van der Waals surface area contributed by atoms with Crippen molar-refractivity contribution in [3.05, 3.63) is 35.5 Å². The molecule has 116 valence electrons. The van der Waals surface area contributed by atoms with Gasteiger partial charge < -0.3 is 14.6 Å². The van der Waals surface area contributed by atoms with E-state index in [0.29, 0.717) is 18.6 Å². The van der Waals surface area contributed by atoms with E-state index in [4.69, 9.17) is 4.74 Å². The van der Waals surface area contributed by atoms with Gasteiger partial charge in [-0.05, 0) is 44.0 Å². The maximum atomic E-state index is 12.2. The predicted octanol–water partition coefficient (Wildman–Crippen LogP) is 2.69. The van der Waals surface area contributed by atoms with Gasteiger partial charge in [-0.1, -0.05) is 12.1 Å². The van der Waals surface area contributed by atoms with Gasteiger partial charge in [0.25, 0.3) is 0 Å². The van der Waals surface area contributed by atoms with Gasteiger partial charge in [0.2, 0.25) is 0 Å². The van der Waals surface area contributed by atoms with E-state index in [-0.39, 0.29) is 11.9 Å². The molecular formula is C18H22N2O2. The first-order chi connectivity index (χ1) is 10.7. The van der Waals surface area contributed by atoms with Crippen LogP contribution in [0.25, 0.3) is 10.9 Å². The SMILES string of the molecule is CCOC(=O)[C@@H]1C[C@@H]2c3cccc4[nH]cc(c34)C[C@H]2N(C)C1. The highest BCUT2D eigenvalue weighted by atomic mass is 16.5. The van der Waals surface area contributed by atoms with E-state index in [1.807, 2.05) is 6.92 Å². The van der Waals surface area contributed by atoms with Gasteiger partial charge in [-0.15, -0.1) is 0 Å². The van der Waals surface area contributed by atoms with Gasteiger partial charge >= 0.3 is 5.97 Å². The molecular weight excluding hydrogens is 276 g/mol. The zero-order valence-corrected chi connectivity index (χ0v) is 13.1. The number of rotatable bonds is 2. The second-order valence-corrected chi connectivity index (χ2v) is 6.59. The molecule has 0 spiro atoms. The van der Waals surface area contributed by atoms with Crippen LogP contribution in [-0.4, -0.2) is 42.1 Å². The number of nitrogens with zero attached hydrogens (tertiary/aromatic N) is 1. The zero-order valence-electron chi connectivity index (χ0n) is 13.1. The molecule has 0 amide bonds. The maximum Gasteiger partial charge on any atom is 0.310 e. The quantitative estimate of drug-likeness (QED) is 0.867. The van der Waals surface area contributed by atoms with E-state index in [0.717, 1.165) is 19.4 Å². The summed E-state index contributed by atoms with van der Waals surface area (Å²) in [5.41, 5.74) is 4.02. The van der Waals surface area contributed by atoms with Gasteiger partial charge in [0.05, 0.1) is 12.5 Å². The van der Waals surface area contributed by atoms with Crippen molar-refractivity contribution in [2.24, 2.45) is 5.92 Å². The van der Waals surface area contributed by atoms with E-state index in [1.165, 1.54) is 22.0 Å². The number of aromatic amines is 1. The minimum absolute atomic E-state index is 0.0121. The van der Waals surface area contributed by atoms with Gasteiger partial charge in [-0.25, -0.2) is 0 Å². The van der Waals surface area contributed by atoms with Crippen LogP contribution in [0.3, 0.4) is 0 Å². The molecule has 4 heteroatoms. The highest BCUT2D eigenvalue weighted by Crippen LogP contribution is 2.44. The van der Waals surface area contributed by atoms with Crippen LogP contribution in [0.4, 0.5) is 0 Å².